The Bertz CT molecular complexity index is 1950. The van der Waals surface area contributed by atoms with Crippen LogP contribution in [0.5, 0.6) is 23.1 Å². The highest BCUT2D eigenvalue weighted by molar-refractivity contribution is 5.98. The van der Waals surface area contributed by atoms with Crippen LogP contribution in [0.3, 0.4) is 0 Å². The van der Waals surface area contributed by atoms with E-state index in [0.29, 0.717) is 59.8 Å². The van der Waals surface area contributed by atoms with Gasteiger partial charge in [-0.1, -0.05) is 24.3 Å². The summed E-state index contributed by atoms with van der Waals surface area (Å²) in [5.74, 6) is 0.0400. The van der Waals surface area contributed by atoms with Crippen LogP contribution in [0, 0.1) is 5.82 Å². The average Bonchev–Trinajstić information content (AvgIpc) is 3.67. The smallest absolute Gasteiger partial charge is 0.282 e. The van der Waals surface area contributed by atoms with Crippen molar-refractivity contribution in [1.29, 1.82) is 0 Å². The van der Waals surface area contributed by atoms with Crippen molar-refractivity contribution >= 4 is 16.7 Å². The molecule has 5 aromatic rings. The SMILES string of the molecule is COc1cc2c(Oc3ccc(CC(=O)c4c5n(n(-c6ccccc6)c4=O)CCCC5)cc3F)ncnc2cc1O[C@H]1CCOC1. The highest BCUT2D eigenvalue weighted by atomic mass is 19.1. The maximum Gasteiger partial charge on any atom is 0.282 e. The van der Waals surface area contributed by atoms with Crippen LogP contribution in [-0.2, 0) is 24.1 Å². The molecule has 0 N–H and O–H groups in total. The van der Waals surface area contributed by atoms with Crippen LogP contribution in [0.25, 0.3) is 16.6 Å². The minimum atomic E-state index is -0.666. The number of ketones is 1. The van der Waals surface area contributed by atoms with Crippen LogP contribution in [-0.4, -0.2) is 51.5 Å². The summed E-state index contributed by atoms with van der Waals surface area (Å²) in [7, 11) is 1.53. The first-order valence-corrected chi connectivity index (χ1v) is 15.0. The maximum absolute atomic E-state index is 15.4. The summed E-state index contributed by atoms with van der Waals surface area (Å²) in [6, 6.07) is 17.1. The maximum atomic E-state index is 15.4. The summed E-state index contributed by atoms with van der Waals surface area (Å²) < 4.78 is 41.8. The van der Waals surface area contributed by atoms with Crippen molar-refractivity contribution in [3.05, 3.63) is 100.0 Å². The van der Waals surface area contributed by atoms with Crippen LogP contribution in [0.4, 0.5) is 4.39 Å². The number of benzene rings is 3. The van der Waals surface area contributed by atoms with Crippen molar-refractivity contribution < 1.29 is 28.1 Å². The Hall–Kier alpha value is -5.03. The van der Waals surface area contributed by atoms with Gasteiger partial charge in [-0.2, -0.15) is 0 Å². The number of carbonyl (C=O) groups excluding carboxylic acids is 1. The van der Waals surface area contributed by atoms with Gasteiger partial charge in [0, 0.05) is 25.5 Å². The van der Waals surface area contributed by atoms with Crippen molar-refractivity contribution in [2.75, 3.05) is 20.3 Å². The number of fused-ring (bicyclic) bond motifs is 2. The average molecular weight is 611 g/mol. The molecule has 0 amide bonds. The number of rotatable bonds is 9. The van der Waals surface area contributed by atoms with E-state index in [9.17, 15) is 9.59 Å². The molecule has 0 radical (unpaired) electrons. The molecule has 4 heterocycles. The zero-order chi connectivity index (χ0) is 30.9. The zero-order valence-electron chi connectivity index (χ0n) is 24.7. The molecule has 2 aliphatic rings. The van der Waals surface area contributed by atoms with E-state index >= 15 is 4.39 Å². The van der Waals surface area contributed by atoms with Crippen molar-refractivity contribution in [2.24, 2.45) is 0 Å². The van der Waals surface area contributed by atoms with Gasteiger partial charge in [-0.05, 0) is 55.2 Å². The molecule has 0 unspecified atom stereocenters. The van der Waals surface area contributed by atoms with Gasteiger partial charge in [-0.15, -0.1) is 0 Å². The summed E-state index contributed by atoms with van der Waals surface area (Å²) in [6.45, 7) is 1.79. The molecule has 1 fully saturated rings. The van der Waals surface area contributed by atoms with Gasteiger partial charge in [-0.25, -0.2) is 19.0 Å². The molecule has 10 nitrogen and oxygen atoms in total. The predicted molar refractivity (Wildman–Crippen MR) is 163 cm³/mol. The third kappa shape index (κ3) is 5.55. The van der Waals surface area contributed by atoms with Gasteiger partial charge < -0.3 is 18.9 Å². The van der Waals surface area contributed by atoms with E-state index in [0.717, 1.165) is 25.0 Å². The summed E-state index contributed by atoms with van der Waals surface area (Å²) >= 11 is 0. The van der Waals surface area contributed by atoms with Crippen LogP contribution >= 0.6 is 0 Å². The van der Waals surface area contributed by atoms with Crippen LogP contribution in [0.2, 0.25) is 0 Å². The van der Waals surface area contributed by atoms with Crippen LogP contribution < -0.4 is 19.8 Å². The third-order valence-corrected chi connectivity index (χ3v) is 8.19. The van der Waals surface area contributed by atoms with Gasteiger partial charge >= 0.3 is 0 Å². The third-order valence-electron chi connectivity index (χ3n) is 8.19. The van der Waals surface area contributed by atoms with Gasteiger partial charge in [0.1, 0.15) is 18.0 Å². The van der Waals surface area contributed by atoms with Crippen LogP contribution in [0.1, 0.15) is 40.9 Å². The highest BCUT2D eigenvalue weighted by Gasteiger charge is 2.28. The normalized spacial score (nSPS) is 16.0. The van der Waals surface area contributed by atoms with Gasteiger partial charge in [0.2, 0.25) is 5.88 Å². The molecule has 1 atom stereocenters. The predicted octanol–water partition coefficient (Wildman–Crippen LogP) is 5.45. The molecule has 0 spiro atoms. The molecule has 2 aromatic heterocycles. The molecular weight excluding hydrogens is 579 g/mol. The molecule has 2 aliphatic heterocycles. The van der Waals surface area contributed by atoms with E-state index in [1.807, 2.05) is 35.0 Å². The standard InChI is InChI=1S/C34H31FN4O6/c1-42-30-17-24-26(18-31(30)44-23-12-14-43-19-23)36-20-37-33(24)45-29-11-10-21(15-25(29)35)16-28(40)32-27-9-5-6-13-38(27)39(34(32)41)22-7-3-2-4-8-22/h2-4,7-8,10-11,15,17-18,20,23H,5-6,9,12-14,16,19H2,1H3/t23-/m0/s1. The summed E-state index contributed by atoms with van der Waals surface area (Å²) in [4.78, 5) is 35.7. The Labute approximate surface area is 257 Å². The molecule has 3 aromatic carbocycles. The number of Topliss-reactive ketones (excluding diaryl/α,β-unsaturated/α-hetero) is 1. The van der Waals surface area contributed by atoms with Gasteiger partial charge in [0.25, 0.3) is 5.56 Å². The molecule has 7 rings (SSSR count). The number of ether oxygens (including phenoxy) is 4. The van der Waals surface area contributed by atoms with E-state index in [-0.39, 0.29) is 41.1 Å². The summed E-state index contributed by atoms with van der Waals surface area (Å²) in [5.41, 5.74) is 2.23. The summed E-state index contributed by atoms with van der Waals surface area (Å²) in [6.07, 6.45) is 4.36. The molecule has 0 aliphatic carbocycles. The molecule has 230 valence electrons. The van der Waals surface area contributed by atoms with E-state index in [1.165, 1.54) is 25.6 Å². The lowest BCUT2D eigenvalue weighted by molar-refractivity contribution is 0.0990. The number of halogens is 1. The fourth-order valence-electron chi connectivity index (χ4n) is 6.01. The Balaban J connectivity index is 1.14. The molecule has 0 saturated carbocycles. The first-order chi connectivity index (χ1) is 22.0. The molecule has 11 heteroatoms. The lowest BCUT2D eigenvalue weighted by atomic mass is 9.99. The quantitative estimate of drug-likeness (QED) is 0.203. The van der Waals surface area contributed by atoms with Crippen molar-refractivity contribution in [2.45, 2.75) is 44.8 Å². The minimum absolute atomic E-state index is 0.0683. The lowest BCUT2D eigenvalue weighted by Crippen LogP contribution is -2.24. The second-order valence-corrected chi connectivity index (χ2v) is 11.1. The Kier molecular flexibility index (Phi) is 7.76. The van der Waals surface area contributed by atoms with Crippen LogP contribution in [0.15, 0.2) is 71.8 Å². The fraction of sp³-hybridized carbons (Fsp3) is 0.294. The molecular formula is C34H31FN4O6. The fourth-order valence-corrected chi connectivity index (χ4v) is 6.01. The number of hydrogen-bond donors (Lipinski definition) is 0. The molecule has 45 heavy (non-hydrogen) atoms. The van der Waals surface area contributed by atoms with E-state index in [2.05, 4.69) is 9.97 Å². The number of methoxy groups -OCH3 is 1. The Morgan fingerprint density at radius 1 is 1.04 bits per heavy atom. The second-order valence-electron chi connectivity index (χ2n) is 11.1. The summed E-state index contributed by atoms with van der Waals surface area (Å²) in [5, 5.41) is 0.510. The van der Waals surface area contributed by atoms with E-state index in [4.69, 9.17) is 18.9 Å². The molecule has 0 bridgehead atoms. The monoisotopic (exact) mass is 610 g/mol. The zero-order valence-corrected chi connectivity index (χ0v) is 24.7. The number of carbonyl (C=O) groups is 1. The van der Waals surface area contributed by atoms with Gasteiger partial charge in [-0.3, -0.25) is 14.3 Å². The van der Waals surface area contributed by atoms with Crippen molar-refractivity contribution in [3.8, 4) is 28.8 Å². The highest BCUT2D eigenvalue weighted by Crippen LogP contribution is 2.37. The van der Waals surface area contributed by atoms with E-state index < -0.39 is 5.82 Å². The van der Waals surface area contributed by atoms with Crippen molar-refractivity contribution in [1.82, 2.24) is 19.3 Å². The number of aromatic nitrogens is 4. The molecule has 1 saturated heterocycles. The lowest BCUT2D eigenvalue weighted by Gasteiger charge is -2.19. The number of para-hydroxylation sites is 1. The topological polar surface area (TPSA) is 107 Å². The second kappa shape index (κ2) is 12.2. The number of nitrogens with zero attached hydrogens (tertiary/aromatic N) is 4. The number of hydrogen-bond acceptors (Lipinski definition) is 8. The Morgan fingerprint density at radius 2 is 1.91 bits per heavy atom. The van der Waals surface area contributed by atoms with E-state index in [1.54, 1.807) is 22.9 Å². The first-order valence-electron chi connectivity index (χ1n) is 15.0. The largest absolute Gasteiger partial charge is 0.493 e. The Morgan fingerprint density at radius 3 is 2.69 bits per heavy atom. The van der Waals surface area contributed by atoms with Gasteiger partial charge in [0.05, 0.1) is 42.6 Å². The minimum Gasteiger partial charge on any atom is -0.493 e. The van der Waals surface area contributed by atoms with Crippen molar-refractivity contribution in [3.63, 3.8) is 0 Å². The van der Waals surface area contributed by atoms with Gasteiger partial charge in [0.15, 0.2) is 28.8 Å². The first kappa shape index (κ1) is 28.7.